The van der Waals surface area contributed by atoms with E-state index >= 15 is 0 Å². The molecule has 0 aliphatic heterocycles. The summed E-state index contributed by atoms with van der Waals surface area (Å²) in [4.78, 5) is 10.5. The van der Waals surface area contributed by atoms with Crippen molar-refractivity contribution in [3.8, 4) is 67.5 Å². The number of aromatic nitrogens is 3. The summed E-state index contributed by atoms with van der Waals surface area (Å²) in [6.45, 7) is 19.8. The number of fused-ring (bicyclic) bond motifs is 1. The first-order valence-electron chi connectivity index (χ1n) is 20.4. The zero-order valence-electron chi connectivity index (χ0n) is 35.3. The quantitative estimate of drug-likeness (QED) is 0.168. The lowest BCUT2D eigenvalue weighted by molar-refractivity contribution is 0.472. The van der Waals surface area contributed by atoms with Crippen LogP contribution >= 0.6 is 0 Å². The van der Waals surface area contributed by atoms with Gasteiger partial charge in [-0.1, -0.05) is 132 Å². The molecule has 58 heavy (non-hydrogen) atoms. The van der Waals surface area contributed by atoms with Crippen molar-refractivity contribution in [1.29, 1.82) is 0 Å². The van der Waals surface area contributed by atoms with Gasteiger partial charge in [0.2, 0.25) is 0 Å². The van der Waals surface area contributed by atoms with E-state index in [-0.39, 0.29) is 16.6 Å². The first-order valence-corrected chi connectivity index (χ1v) is 20.4. The van der Waals surface area contributed by atoms with E-state index in [9.17, 15) is 5.11 Å². The molecule has 0 bridgehead atoms. The van der Waals surface area contributed by atoms with E-state index in [2.05, 4.69) is 187 Å². The van der Waals surface area contributed by atoms with Gasteiger partial charge in [-0.3, -0.25) is 9.55 Å². The highest BCUT2D eigenvalue weighted by Gasteiger charge is 2.26. The van der Waals surface area contributed by atoms with Crippen LogP contribution in [0.15, 0.2) is 140 Å². The number of para-hydroxylation sites is 1. The molecule has 0 atom stereocenters. The molecule has 0 radical (unpaired) electrons. The van der Waals surface area contributed by atoms with Gasteiger partial charge in [-0.2, -0.15) is 0 Å². The molecular weight excluding hydrogens is 707 g/mol. The number of benzene rings is 6. The van der Waals surface area contributed by atoms with Gasteiger partial charge in [0, 0.05) is 22.9 Å². The van der Waals surface area contributed by atoms with Gasteiger partial charge in [-0.05, 0) is 131 Å². The van der Waals surface area contributed by atoms with Crippen LogP contribution in [0.5, 0.6) is 5.75 Å². The number of nitrogens with zero attached hydrogens (tertiary/aromatic N) is 3. The first-order chi connectivity index (χ1) is 27.7. The maximum Gasteiger partial charge on any atom is 0.149 e. The van der Waals surface area contributed by atoms with Crippen LogP contribution in [0.1, 0.15) is 75.8 Å². The fourth-order valence-corrected chi connectivity index (χ4v) is 7.97. The minimum Gasteiger partial charge on any atom is -0.507 e. The molecule has 6 aromatic carbocycles. The summed E-state index contributed by atoms with van der Waals surface area (Å²) in [7, 11) is 0. The molecule has 4 heteroatoms. The summed E-state index contributed by atoms with van der Waals surface area (Å²) in [6, 6.07) is 47.8. The van der Waals surface area contributed by atoms with Crippen LogP contribution in [0.3, 0.4) is 0 Å². The van der Waals surface area contributed by atoms with Crippen LogP contribution in [0, 0.1) is 20.8 Å². The summed E-state index contributed by atoms with van der Waals surface area (Å²) in [5, 5.41) is 11.8. The molecular formula is C54H53N3O. The minimum absolute atomic E-state index is 0.00865. The van der Waals surface area contributed by atoms with E-state index < -0.39 is 0 Å². The van der Waals surface area contributed by atoms with Crippen LogP contribution < -0.4 is 0 Å². The Kier molecular flexibility index (Phi) is 9.93. The Morgan fingerprint density at radius 3 is 2.03 bits per heavy atom. The second-order valence-electron chi connectivity index (χ2n) is 17.6. The number of hydrogen-bond acceptors (Lipinski definition) is 3. The highest BCUT2D eigenvalue weighted by molar-refractivity contribution is 5.98. The number of imidazole rings is 1. The Bertz CT molecular complexity index is 2800. The lowest BCUT2D eigenvalue weighted by atomic mass is 9.81. The SMILES string of the molecule is CCC(C)(C)c1ccc(-n2c(-c3cc(C)cc(C)c3O)nc3c(-c4cc(-c5cc(-c6ccc(C)cc6)ccn5)cc(C(C)(C)C)c4)cccc32)c(-c2ccccc2)c1. The number of rotatable bonds is 8. The van der Waals surface area contributed by atoms with Crippen molar-refractivity contribution >= 4 is 11.0 Å². The van der Waals surface area contributed by atoms with Crippen molar-refractivity contribution in [3.63, 3.8) is 0 Å². The molecule has 0 spiro atoms. The molecule has 2 aromatic heterocycles. The molecule has 2 heterocycles. The van der Waals surface area contributed by atoms with Gasteiger partial charge in [0.05, 0.1) is 28.0 Å². The van der Waals surface area contributed by atoms with Gasteiger partial charge in [0.1, 0.15) is 11.6 Å². The summed E-state index contributed by atoms with van der Waals surface area (Å²) in [6.07, 6.45) is 2.93. The third kappa shape index (κ3) is 7.24. The number of aryl methyl sites for hydroxylation is 3. The second-order valence-corrected chi connectivity index (χ2v) is 17.6. The van der Waals surface area contributed by atoms with Crippen molar-refractivity contribution in [3.05, 3.63) is 167 Å². The van der Waals surface area contributed by atoms with E-state index in [1.165, 1.54) is 22.3 Å². The molecule has 8 rings (SSSR count). The first kappa shape index (κ1) is 38.6. The maximum absolute atomic E-state index is 11.8. The van der Waals surface area contributed by atoms with E-state index in [0.29, 0.717) is 11.4 Å². The molecule has 290 valence electrons. The number of phenolic OH excluding ortho intramolecular Hbond substituents is 1. The average molecular weight is 760 g/mol. The Labute approximate surface area is 343 Å². The van der Waals surface area contributed by atoms with Gasteiger partial charge in [0.15, 0.2) is 0 Å². The van der Waals surface area contributed by atoms with Gasteiger partial charge in [-0.25, -0.2) is 4.98 Å². The number of pyridine rings is 1. The molecule has 4 nitrogen and oxygen atoms in total. The summed E-state index contributed by atoms with van der Waals surface area (Å²) in [5.41, 5.74) is 17.7. The molecule has 0 saturated carbocycles. The van der Waals surface area contributed by atoms with Gasteiger partial charge < -0.3 is 5.11 Å². The van der Waals surface area contributed by atoms with E-state index in [1.54, 1.807) is 0 Å². The Morgan fingerprint density at radius 2 is 1.31 bits per heavy atom. The van der Waals surface area contributed by atoms with Crippen LogP contribution in [-0.2, 0) is 10.8 Å². The lowest BCUT2D eigenvalue weighted by Crippen LogP contribution is -2.16. The molecule has 0 saturated heterocycles. The van der Waals surface area contributed by atoms with Crippen molar-refractivity contribution in [1.82, 2.24) is 14.5 Å². The molecule has 0 aliphatic carbocycles. The summed E-state index contributed by atoms with van der Waals surface area (Å²) in [5.74, 6) is 0.941. The van der Waals surface area contributed by atoms with E-state index in [1.807, 2.05) is 19.2 Å². The molecule has 0 amide bonds. The van der Waals surface area contributed by atoms with E-state index in [0.717, 1.165) is 73.3 Å². The highest BCUT2D eigenvalue weighted by Crippen LogP contribution is 2.43. The monoisotopic (exact) mass is 759 g/mol. The Morgan fingerprint density at radius 1 is 0.569 bits per heavy atom. The molecule has 0 aliphatic rings. The fourth-order valence-electron chi connectivity index (χ4n) is 7.97. The standard InChI is InChI=1S/C54H53N3O/c1-10-54(8,9)42-23-24-48(45(33-42)38-15-12-11-13-16-38)57-49-18-14-17-44(50(49)56-52(57)46-28-35(3)27-36(4)51(46)58)40-29-41(31-43(30-40)53(5,6)7)47-32-39(25-26-55-47)37-21-19-34(2)20-22-37/h11-33,58H,10H2,1-9H3. The number of phenols is 1. The lowest BCUT2D eigenvalue weighted by Gasteiger charge is -2.26. The van der Waals surface area contributed by atoms with Crippen molar-refractivity contribution in [2.75, 3.05) is 0 Å². The van der Waals surface area contributed by atoms with Crippen molar-refractivity contribution in [2.24, 2.45) is 0 Å². The van der Waals surface area contributed by atoms with Crippen LogP contribution in [-0.4, -0.2) is 19.6 Å². The third-order valence-electron chi connectivity index (χ3n) is 11.9. The zero-order chi connectivity index (χ0) is 40.9. The van der Waals surface area contributed by atoms with Crippen LogP contribution in [0.4, 0.5) is 0 Å². The molecule has 0 unspecified atom stereocenters. The van der Waals surface area contributed by atoms with E-state index in [4.69, 9.17) is 9.97 Å². The topological polar surface area (TPSA) is 50.9 Å². The zero-order valence-corrected chi connectivity index (χ0v) is 35.3. The normalized spacial score (nSPS) is 12.0. The summed E-state index contributed by atoms with van der Waals surface area (Å²) >= 11 is 0. The molecule has 0 fully saturated rings. The largest absolute Gasteiger partial charge is 0.507 e. The van der Waals surface area contributed by atoms with Crippen LogP contribution in [0.2, 0.25) is 0 Å². The third-order valence-corrected chi connectivity index (χ3v) is 11.9. The average Bonchev–Trinajstić information content (AvgIpc) is 3.61. The van der Waals surface area contributed by atoms with Crippen LogP contribution in [0.25, 0.3) is 72.7 Å². The van der Waals surface area contributed by atoms with Crippen molar-refractivity contribution in [2.45, 2.75) is 79.6 Å². The maximum atomic E-state index is 11.8. The molecule has 1 N–H and O–H groups in total. The van der Waals surface area contributed by atoms with Gasteiger partial charge >= 0.3 is 0 Å². The molecule has 8 aromatic rings. The van der Waals surface area contributed by atoms with Gasteiger partial charge in [-0.15, -0.1) is 0 Å². The Balaban J connectivity index is 1.41. The van der Waals surface area contributed by atoms with Crippen molar-refractivity contribution < 1.29 is 5.11 Å². The second kappa shape index (κ2) is 14.9. The number of hydrogen-bond donors (Lipinski definition) is 1. The summed E-state index contributed by atoms with van der Waals surface area (Å²) < 4.78 is 2.26. The predicted molar refractivity (Wildman–Crippen MR) is 244 cm³/mol. The number of aromatic hydroxyl groups is 1. The fraction of sp³-hybridized carbons (Fsp3) is 0.222. The minimum atomic E-state index is -0.124. The predicted octanol–water partition coefficient (Wildman–Crippen LogP) is 14.4. The smallest absolute Gasteiger partial charge is 0.149 e. The van der Waals surface area contributed by atoms with Gasteiger partial charge in [0.25, 0.3) is 0 Å². The highest BCUT2D eigenvalue weighted by atomic mass is 16.3. The Hall–Kier alpha value is -6.26.